The van der Waals surface area contributed by atoms with Gasteiger partial charge in [-0.05, 0) is 26.2 Å². The molecule has 2 atom stereocenters. The van der Waals surface area contributed by atoms with E-state index in [9.17, 15) is 4.79 Å². The maximum atomic E-state index is 11.2. The van der Waals surface area contributed by atoms with Gasteiger partial charge in [-0.25, -0.2) is 0 Å². The highest BCUT2D eigenvalue weighted by Crippen LogP contribution is 2.07. The van der Waals surface area contributed by atoms with Crippen LogP contribution < -0.4 is 5.32 Å². The minimum absolute atomic E-state index is 0.115. The van der Waals surface area contributed by atoms with Crippen molar-refractivity contribution in [3.63, 3.8) is 0 Å². The van der Waals surface area contributed by atoms with Crippen LogP contribution in [0.5, 0.6) is 0 Å². The summed E-state index contributed by atoms with van der Waals surface area (Å²) in [5.41, 5.74) is 0. The lowest BCUT2D eigenvalue weighted by molar-refractivity contribution is -0.143. The molecule has 0 aromatic rings. The molecular formula is C12H25NO2. The molecule has 15 heavy (non-hydrogen) atoms. The van der Waals surface area contributed by atoms with Gasteiger partial charge in [0, 0.05) is 12.1 Å². The monoisotopic (exact) mass is 215 g/mol. The number of hydrogen-bond donors (Lipinski definition) is 1. The Balaban J connectivity index is 3.90. The molecule has 0 fully saturated rings. The predicted molar refractivity (Wildman–Crippen MR) is 62.8 cm³/mol. The molecule has 0 aromatic heterocycles. The minimum atomic E-state index is -0.115. The molecule has 0 aliphatic heterocycles. The Hall–Kier alpha value is -0.570. The zero-order valence-corrected chi connectivity index (χ0v) is 10.7. The van der Waals surface area contributed by atoms with E-state index < -0.39 is 0 Å². The predicted octanol–water partition coefficient (Wildman–Crippen LogP) is 2.35. The Bertz CT molecular complexity index is 180. The first-order chi connectivity index (χ1) is 7.01. The molecule has 0 saturated carbocycles. The van der Waals surface area contributed by atoms with Crippen molar-refractivity contribution in [3.05, 3.63) is 0 Å². The first-order valence-electron chi connectivity index (χ1n) is 5.92. The van der Waals surface area contributed by atoms with E-state index in [1.165, 1.54) is 0 Å². The average Bonchev–Trinajstić information content (AvgIpc) is 2.13. The molecule has 0 spiro atoms. The fourth-order valence-corrected chi connectivity index (χ4v) is 1.68. The molecule has 1 N–H and O–H groups in total. The molecule has 3 nitrogen and oxygen atoms in total. The second-order valence-corrected chi connectivity index (χ2v) is 4.34. The van der Waals surface area contributed by atoms with Crippen LogP contribution in [0.3, 0.4) is 0 Å². The number of hydrogen-bond acceptors (Lipinski definition) is 3. The lowest BCUT2D eigenvalue weighted by Gasteiger charge is -2.24. The standard InChI is InChI=1S/C12H25NO2/c1-6-11(9(3)4)13-10(5)8-12(14)15-7-2/h9-11,13H,6-8H2,1-5H3. The van der Waals surface area contributed by atoms with Crippen LogP contribution in [0.15, 0.2) is 0 Å². The summed E-state index contributed by atoms with van der Waals surface area (Å²) in [5.74, 6) is 0.482. The van der Waals surface area contributed by atoms with Crippen molar-refractivity contribution in [2.45, 2.75) is 59.5 Å². The molecule has 0 aliphatic carbocycles. The summed E-state index contributed by atoms with van der Waals surface area (Å²) in [7, 11) is 0. The molecule has 0 aromatic carbocycles. The Morgan fingerprint density at radius 1 is 1.27 bits per heavy atom. The highest BCUT2D eigenvalue weighted by Gasteiger charge is 2.16. The van der Waals surface area contributed by atoms with Crippen molar-refractivity contribution in [1.82, 2.24) is 5.32 Å². The largest absolute Gasteiger partial charge is 0.466 e. The Labute approximate surface area is 93.6 Å². The van der Waals surface area contributed by atoms with Gasteiger partial charge in [0.05, 0.1) is 13.0 Å². The first-order valence-corrected chi connectivity index (χ1v) is 5.92. The van der Waals surface area contributed by atoms with Crippen molar-refractivity contribution in [3.8, 4) is 0 Å². The van der Waals surface area contributed by atoms with Gasteiger partial charge in [0.25, 0.3) is 0 Å². The maximum absolute atomic E-state index is 11.2. The van der Waals surface area contributed by atoms with Gasteiger partial charge < -0.3 is 10.1 Å². The fraction of sp³-hybridized carbons (Fsp3) is 0.917. The van der Waals surface area contributed by atoms with E-state index in [-0.39, 0.29) is 12.0 Å². The SMILES string of the molecule is CCOC(=O)CC(C)NC(CC)C(C)C. The summed E-state index contributed by atoms with van der Waals surface area (Å²) >= 11 is 0. The number of esters is 1. The van der Waals surface area contributed by atoms with Crippen LogP contribution in [0.25, 0.3) is 0 Å². The molecule has 2 unspecified atom stereocenters. The zero-order valence-electron chi connectivity index (χ0n) is 10.7. The third-order valence-electron chi connectivity index (χ3n) is 2.52. The molecular weight excluding hydrogens is 190 g/mol. The van der Waals surface area contributed by atoms with Gasteiger partial charge in [-0.1, -0.05) is 20.8 Å². The van der Waals surface area contributed by atoms with Crippen molar-refractivity contribution < 1.29 is 9.53 Å². The molecule has 3 heteroatoms. The second kappa shape index (κ2) is 7.69. The lowest BCUT2D eigenvalue weighted by Crippen LogP contribution is -2.40. The van der Waals surface area contributed by atoms with E-state index in [1.807, 2.05) is 13.8 Å². The minimum Gasteiger partial charge on any atom is -0.466 e. The smallest absolute Gasteiger partial charge is 0.307 e. The van der Waals surface area contributed by atoms with Crippen LogP contribution in [0.2, 0.25) is 0 Å². The summed E-state index contributed by atoms with van der Waals surface area (Å²) in [6.07, 6.45) is 1.54. The molecule has 0 aliphatic rings. The number of nitrogens with one attached hydrogen (secondary N) is 1. The average molecular weight is 215 g/mol. The molecule has 0 heterocycles. The van der Waals surface area contributed by atoms with E-state index in [0.29, 0.717) is 25.0 Å². The summed E-state index contributed by atoms with van der Waals surface area (Å²) < 4.78 is 4.91. The van der Waals surface area contributed by atoms with E-state index in [2.05, 4.69) is 26.1 Å². The summed E-state index contributed by atoms with van der Waals surface area (Å²) in [6, 6.07) is 0.672. The Morgan fingerprint density at radius 2 is 1.87 bits per heavy atom. The molecule has 0 amide bonds. The highest BCUT2D eigenvalue weighted by atomic mass is 16.5. The van der Waals surface area contributed by atoms with E-state index in [0.717, 1.165) is 6.42 Å². The quantitative estimate of drug-likeness (QED) is 0.662. The van der Waals surface area contributed by atoms with Crippen molar-refractivity contribution in [2.24, 2.45) is 5.92 Å². The van der Waals surface area contributed by atoms with Crippen molar-refractivity contribution in [1.29, 1.82) is 0 Å². The topological polar surface area (TPSA) is 38.3 Å². The van der Waals surface area contributed by atoms with Crippen LogP contribution in [0, 0.1) is 5.92 Å². The molecule has 0 radical (unpaired) electrons. The first kappa shape index (κ1) is 14.4. The van der Waals surface area contributed by atoms with Gasteiger partial charge in [0.1, 0.15) is 0 Å². The van der Waals surface area contributed by atoms with Gasteiger partial charge >= 0.3 is 5.97 Å². The Morgan fingerprint density at radius 3 is 2.27 bits per heavy atom. The second-order valence-electron chi connectivity index (χ2n) is 4.34. The third-order valence-corrected chi connectivity index (χ3v) is 2.52. The van der Waals surface area contributed by atoms with E-state index in [1.54, 1.807) is 0 Å². The van der Waals surface area contributed by atoms with Gasteiger partial charge in [-0.2, -0.15) is 0 Å². The molecule has 0 saturated heterocycles. The van der Waals surface area contributed by atoms with Crippen LogP contribution in [0.4, 0.5) is 0 Å². The molecule has 90 valence electrons. The summed E-state index contributed by atoms with van der Waals surface area (Å²) in [6.45, 7) is 10.9. The molecule has 0 rings (SSSR count). The fourth-order valence-electron chi connectivity index (χ4n) is 1.68. The molecule has 0 bridgehead atoms. The Kier molecular flexibility index (Phi) is 7.39. The van der Waals surface area contributed by atoms with Gasteiger partial charge in [0.15, 0.2) is 0 Å². The van der Waals surface area contributed by atoms with E-state index in [4.69, 9.17) is 4.74 Å². The normalized spacial score (nSPS) is 15.1. The lowest BCUT2D eigenvalue weighted by atomic mass is 10.0. The van der Waals surface area contributed by atoms with E-state index >= 15 is 0 Å². The van der Waals surface area contributed by atoms with Crippen LogP contribution in [-0.4, -0.2) is 24.7 Å². The zero-order chi connectivity index (χ0) is 11.8. The summed E-state index contributed by atoms with van der Waals surface area (Å²) in [4.78, 5) is 11.2. The van der Waals surface area contributed by atoms with Gasteiger partial charge in [0.2, 0.25) is 0 Å². The number of rotatable bonds is 7. The van der Waals surface area contributed by atoms with Crippen molar-refractivity contribution in [2.75, 3.05) is 6.61 Å². The van der Waals surface area contributed by atoms with Crippen LogP contribution >= 0.6 is 0 Å². The van der Waals surface area contributed by atoms with Gasteiger partial charge in [-0.15, -0.1) is 0 Å². The number of carbonyl (C=O) groups is 1. The number of ether oxygens (including phenoxy) is 1. The number of carbonyl (C=O) groups excluding carboxylic acids is 1. The van der Waals surface area contributed by atoms with Crippen LogP contribution in [-0.2, 0) is 9.53 Å². The maximum Gasteiger partial charge on any atom is 0.307 e. The van der Waals surface area contributed by atoms with Crippen molar-refractivity contribution >= 4 is 5.97 Å². The van der Waals surface area contributed by atoms with Gasteiger partial charge in [-0.3, -0.25) is 4.79 Å². The third kappa shape index (κ3) is 6.50. The van der Waals surface area contributed by atoms with Crippen LogP contribution in [0.1, 0.15) is 47.5 Å². The highest BCUT2D eigenvalue weighted by molar-refractivity contribution is 5.70. The summed E-state index contributed by atoms with van der Waals surface area (Å²) in [5, 5.41) is 3.45.